The first kappa shape index (κ1) is 21.1. The highest BCUT2D eigenvalue weighted by atomic mass is 19.4. The minimum atomic E-state index is -4.72. The lowest BCUT2D eigenvalue weighted by Gasteiger charge is -2.09. The summed E-state index contributed by atoms with van der Waals surface area (Å²) in [5.41, 5.74) is 7.99. The second-order valence-corrected chi connectivity index (χ2v) is 5.95. The molecule has 0 saturated heterocycles. The maximum Gasteiger partial charge on any atom is 0.573 e. The van der Waals surface area contributed by atoms with Crippen LogP contribution in [0.5, 0.6) is 5.75 Å². The normalized spacial score (nSPS) is 11.8. The van der Waals surface area contributed by atoms with Gasteiger partial charge in [0.1, 0.15) is 5.75 Å². The van der Waals surface area contributed by atoms with Gasteiger partial charge in [-0.05, 0) is 36.8 Å². The van der Waals surface area contributed by atoms with E-state index in [1.807, 2.05) is 19.1 Å². The van der Waals surface area contributed by atoms with Crippen molar-refractivity contribution >= 4 is 11.9 Å². The summed E-state index contributed by atoms with van der Waals surface area (Å²) in [7, 11) is 0. The van der Waals surface area contributed by atoms with Crippen molar-refractivity contribution in [1.82, 2.24) is 10.6 Å². The molecule has 0 unspecified atom stereocenters. The molecule has 0 atom stereocenters. The largest absolute Gasteiger partial charge is 0.573 e. The number of carbonyl (C=O) groups is 1. The van der Waals surface area contributed by atoms with Gasteiger partial charge in [0.05, 0.1) is 6.54 Å². The number of aliphatic imine (C=N–C) groups is 1. The standard InChI is InChI=1S/C19H21F3N4O2/c1-13-3-2-4-15(11-13)17(27)24-9-10-25-18(23)26-12-14-5-7-16(8-6-14)28-19(20,21)22/h2-8,11H,9-10,12H2,1H3,(H,24,27)(H3,23,25,26). The molecule has 0 bridgehead atoms. The van der Waals surface area contributed by atoms with E-state index in [2.05, 4.69) is 20.4 Å². The molecule has 0 aliphatic rings. The molecule has 28 heavy (non-hydrogen) atoms. The second kappa shape index (κ2) is 9.63. The molecule has 2 aromatic carbocycles. The van der Waals surface area contributed by atoms with Crippen LogP contribution < -0.4 is 21.1 Å². The van der Waals surface area contributed by atoms with Gasteiger partial charge in [-0.3, -0.25) is 4.79 Å². The van der Waals surface area contributed by atoms with Crippen molar-refractivity contribution in [2.75, 3.05) is 13.1 Å². The van der Waals surface area contributed by atoms with Crippen molar-refractivity contribution in [1.29, 1.82) is 0 Å². The van der Waals surface area contributed by atoms with Gasteiger partial charge in [0, 0.05) is 18.7 Å². The molecule has 6 nitrogen and oxygen atoms in total. The molecule has 0 aromatic heterocycles. The van der Waals surface area contributed by atoms with Crippen molar-refractivity contribution in [3.05, 3.63) is 65.2 Å². The van der Waals surface area contributed by atoms with Crippen LogP contribution in [0.1, 0.15) is 21.5 Å². The Morgan fingerprint density at radius 1 is 1.11 bits per heavy atom. The highest BCUT2D eigenvalue weighted by Gasteiger charge is 2.30. The van der Waals surface area contributed by atoms with E-state index in [-0.39, 0.29) is 24.2 Å². The second-order valence-electron chi connectivity index (χ2n) is 5.95. The zero-order valence-electron chi connectivity index (χ0n) is 15.2. The smallest absolute Gasteiger partial charge is 0.406 e. The molecule has 2 rings (SSSR count). The summed E-state index contributed by atoms with van der Waals surface area (Å²) in [6.45, 7) is 2.84. The molecule has 9 heteroatoms. The molecule has 1 amide bonds. The van der Waals surface area contributed by atoms with E-state index in [1.165, 1.54) is 24.3 Å². The van der Waals surface area contributed by atoms with Crippen molar-refractivity contribution in [2.45, 2.75) is 19.8 Å². The van der Waals surface area contributed by atoms with Crippen LogP contribution in [0.25, 0.3) is 0 Å². The number of guanidine groups is 1. The number of nitrogens with zero attached hydrogens (tertiary/aromatic N) is 1. The highest BCUT2D eigenvalue weighted by Crippen LogP contribution is 2.22. The zero-order chi connectivity index (χ0) is 20.6. The maximum atomic E-state index is 12.1. The Morgan fingerprint density at radius 2 is 1.79 bits per heavy atom. The summed E-state index contributed by atoms with van der Waals surface area (Å²) >= 11 is 0. The predicted molar refractivity (Wildman–Crippen MR) is 100.0 cm³/mol. The van der Waals surface area contributed by atoms with Gasteiger partial charge >= 0.3 is 6.36 Å². The van der Waals surface area contributed by atoms with E-state index in [9.17, 15) is 18.0 Å². The van der Waals surface area contributed by atoms with E-state index < -0.39 is 6.36 Å². The van der Waals surface area contributed by atoms with E-state index in [1.54, 1.807) is 12.1 Å². The van der Waals surface area contributed by atoms with Gasteiger partial charge in [0.15, 0.2) is 5.96 Å². The molecule has 0 fully saturated rings. The first-order valence-corrected chi connectivity index (χ1v) is 8.46. The van der Waals surface area contributed by atoms with Crippen molar-refractivity contribution in [3.8, 4) is 5.75 Å². The molecular formula is C19H21F3N4O2. The van der Waals surface area contributed by atoms with Crippen LogP contribution >= 0.6 is 0 Å². The van der Waals surface area contributed by atoms with Gasteiger partial charge in [-0.2, -0.15) is 0 Å². The summed E-state index contributed by atoms with van der Waals surface area (Å²) in [4.78, 5) is 16.1. The molecule has 150 valence electrons. The Morgan fingerprint density at radius 3 is 2.43 bits per heavy atom. The quantitative estimate of drug-likeness (QED) is 0.383. The summed E-state index contributed by atoms with van der Waals surface area (Å²) in [6, 6.07) is 12.6. The number of rotatable bonds is 7. The summed E-state index contributed by atoms with van der Waals surface area (Å²) in [5.74, 6) is -0.307. The van der Waals surface area contributed by atoms with E-state index in [0.717, 1.165) is 5.56 Å². The number of hydrogen-bond donors (Lipinski definition) is 3. The Labute approximate surface area is 160 Å². The minimum absolute atomic E-state index is 0.167. The van der Waals surface area contributed by atoms with Crippen molar-refractivity contribution < 1.29 is 22.7 Å². The molecule has 2 aromatic rings. The minimum Gasteiger partial charge on any atom is -0.406 e. The Bertz CT molecular complexity index is 821. The third-order valence-electron chi connectivity index (χ3n) is 3.59. The number of ether oxygens (including phenoxy) is 1. The molecule has 0 saturated carbocycles. The number of aryl methyl sites for hydroxylation is 1. The van der Waals surface area contributed by atoms with Gasteiger partial charge in [0.2, 0.25) is 0 Å². The number of amides is 1. The van der Waals surface area contributed by atoms with Gasteiger partial charge < -0.3 is 21.1 Å². The number of hydrogen-bond acceptors (Lipinski definition) is 3. The molecule has 0 aliphatic carbocycles. The molecule has 0 radical (unpaired) electrons. The molecular weight excluding hydrogens is 373 g/mol. The number of nitrogens with two attached hydrogens (primary N) is 1. The average Bonchev–Trinajstić information content (AvgIpc) is 2.63. The van der Waals surface area contributed by atoms with E-state index in [0.29, 0.717) is 24.2 Å². The third kappa shape index (κ3) is 7.56. The van der Waals surface area contributed by atoms with Crippen LogP contribution in [0.4, 0.5) is 13.2 Å². The summed E-state index contributed by atoms with van der Waals surface area (Å²) in [6.07, 6.45) is -4.72. The maximum absolute atomic E-state index is 12.1. The summed E-state index contributed by atoms with van der Waals surface area (Å²) in [5, 5.41) is 5.62. The van der Waals surface area contributed by atoms with Gasteiger partial charge in [-0.15, -0.1) is 13.2 Å². The van der Waals surface area contributed by atoms with Crippen LogP contribution in [0.15, 0.2) is 53.5 Å². The SMILES string of the molecule is Cc1cccc(C(=O)NCCNC(N)=NCc2ccc(OC(F)(F)F)cc2)c1. The highest BCUT2D eigenvalue weighted by molar-refractivity contribution is 5.94. The molecule has 0 spiro atoms. The predicted octanol–water partition coefficient (Wildman–Crippen LogP) is 2.73. The monoisotopic (exact) mass is 394 g/mol. The Kier molecular flexibility index (Phi) is 7.25. The van der Waals surface area contributed by atoms with Gasteiger partial charge in [-0.1, -0.05) is 29.8 Å². The molecule has 0 heterocycles. The van der Waals surface area contributed by atoms with Crippen LogP contribution in [0.2, 0.25) is 0 Å². The third-order valence-corrected chi connectivity index (χ3v) is 3.59. The number of benzene rings is 2. The van der Waals surface area contributed by atoms with Crippen LogP contribution in [0, 0.1) is 6.92 Å². The number of carbonyl (C=O) groups excluding carboxylic acids is 1. The van der Waals surface area contributed by atoms with E-state index in [4.69, 9.17) is 5.73 Å². The van der Waals surface area contributed by atoms with Crippen LogP contribution in [-0.4, -0.2) is 31.3 Å². The first-order chi connectivity index (χ1) is 13.2. The molecule has 4 N–H and O–H groups in total. The fraction of sp³-hybridized carbons (Fsp3) is 0.263. The number of nitrogens with one attached hydrogen (secondary N) is 2. The van der Waals surface area contributed by atoms with Crippen molar-refractivity contribution in [2.24, 2.45) is 10.7 Å². The summed E-state index contributed by atoms with van der Waals surface area (Å²) < 4.78 is 40.1. The van der Waals surface area contributed by atoms with Crippen LogP contribution in [-0.2, 0) is 6.54 Å². The van der Waals surface area contributed by atoms with Gasteiger partial charge in [0.25, 0.3) is 5.91 Å². The fourth-order valence-electron chi connectivity index (χ4n) is 2.28. The van der Waals surface area contributed by atoms with Crippen molar-refractivity contribution in [3.63, 3.8) is 0 Å². The number of halogens is 3. The molecule has 0 aliphatic heterocycles. The zero-order valence-corrected chi connectivity index (χ0v) is 15.2. The topological polar surface area (TPSA) is 88.7 Å². The lowest BCUT2D eigenvalue weighted by molar-refractivity contribution is -0.274. The fourth-order valence-corrected chi connectivity index (χ4v) is 2.28. The number of alkyl halides is 3. The van der Waals surface area contributed by atoms with E-state index >= 15 is 0 Å². The average molecular weight is 394 g/mol. The van der Waals surface area contributed by atoms with Crippen LogP contribution in [0.3, 0.4) is 0 Å². The lowest BCUT2D eigenvalue weighted by atomic mass is 10.1. The Balaban J connectivity index is 1.72. The lowest BCUT2D eigenvalue weighted by Crippen LogP contribution is -2.38. The Hall–Kier alpha value is -3.23. The first-order valence-electron chi connectivity index (χ1n) is 8.46. The van der Waals surface area contributed by atoms with Gasteiger partial charge in [-0.25, -0.2) is 4.99 Å².